The van der Waals surface area contributed by atoms with E-state index in [1.54, 1.807) is 0 Å². The van der Waals surface area contributed by atoms with Crippen LogP contribution in [0.1, 0.15) is 23.6 Å². The molecule has 0 fully saturated rings. The maximum Gasteiger partial charge on any atom is 0.125 e. The van der Waals surface area contributed by atoms with E-state index in [0.29, 0.717) is 12.2 Å². The van der Waals surface area contributed by atoms with E-state index in [1.807, 2.05) is 32.9 Å². The van der Waals surface area contributed by atoms with E-state index in [-0.39, 0.29) is 6.04 Å². The summed E-state index contributed by atoms with van der Waals surface area (Å²) < 4.78 is 5.59. The summed E-state index contributed by atoms with van der Waals surface area (Å²) in [7, 11) is 0. The van der Waals surface area contributed by atoms with Crippen molar-refractivity contribution >= 4 is 0 Å². The Bertz CT molecular complexity index is 368. The maximum absolute atomic E-state index is 8.78. The third-order valence-electron chi connectivity index (χ3n) is 2.08. The lowest BCUT2D eigenvalue weighted by Gasteiger charge is -2.13. The molecule has 0 bridgehead atoms. The van der Waals surface area contributed by atoms with Crippen LogP contribution < -0.4 is 10.5 Å². The number of aryl methyl sites for hydroxylation is 2. The van der Waals surface area contributed by atoms with Crippen LogP contribution in [-0.2, 0) is 0 Å². The Hall–Kier alpha value is -1.53. The van der Waals surface area contributed by atoms with E-state index >= 15 is 0 Å². The number of rotatable bonds is 3. The Morgan fingerprint density at radius 2 is 1.93 bits per heavy atom. The number of ether oxygens (including phenoxy) is 1. The standard InChI is InChI=1S/C12H16N2O/c1-8-4-11(6-13)5-9(2)12(8)15-7-10(3)14/h4-5,10H,7,14H2,1-3H3. The van der Waals surface area contributed by atoms with Crippen molar-refractivity contribution in [1.82, 2.24) is 0 Å². The van der Waals surface area contributed by atoms with Crippen molar-refractivity contribution < 1.29 is 4.74 Å². The van der Waals surface area contributed by atoms with E-state index < -0.39 is 0 Å². The van der Waals surface area contributed by atoms with Crippen LogP contribution in [0, 0.1) is 25.2 Å². The second kappa shape index (κ2) is 4.81. The number of hydrogen-bond donors (Lipinski definition) is 1. The summed E-state index contributed by atoms with van der Waals surface area (Å²) in [6, 6.07) is 5.78. The maximum atomic E-state index is 8.78. The van der Waals surface area contributed by atoms with Crippen LogP contribution in [0.3, 0.4) is 0 Å². The van der Waals surface area contributed by atoms with Crippen LogP contribution >= 0.6 is 0 Å². The topological polar surface area (TPSA) is 59.0 Å². The van der Waals surface area contributed by atoms with Crippen LogP contribution in [0.25, 0.3) is 0 Å². The smallest absolute Gasteiger partial charge is 0.125 e. The Labute approximate surface area is 90.5 Å². The number of nitrogens with zero attached hydrogens (tertiary/aromatic N) is 1. The fourth-order valence-electron chi connectivity index (χ4n) is 1.46. The second-order valence-corrected chi connectivity index (χ2v) is 3.84. The molecule has 3 nitrogen and oxygen atoms in total. The first-order valence-corrected chi connectivity index (χ1v) is 4.94. The van der Waals surface area contributed by atoms with Crippen LogP contribution in [0.4, 0.5) is 0 Å². The molecule has 15 heavy (non-hydrogen) atoms. The largest absolute Gasteiger partial charge is 0.491 e. The summed E-state index contributed by atoms with van der Waals surface area (Å²) in [4.78, 5) is 0. The molecule has 1 aromatic carbocycles. The molecular weight excluding hydrogens is 188 g/mol. The SMILES string of the molecule is Cc1cc(C#N)cc(C)c1OCC(C)N. The molecule has 0 heterocycles. The number of nitriles is 1. The van der Waals surface area contributed by atoms with E-state index in [1.165, 1.54) is 0 Å². The zero-order valence-electron chi connectivity index (χ0n) is 9.37. The third-order valence-corrected chi connectivity index (χ3v) is 2.08. The Morgan fingerprint density at radius 1 is 1.40 bits per heavy atom. The Morgan fingerprint density at radius 3 is 2.33 bits per heavy atom. The summed E-state index contributed by atoms with van der Waals surface area (Å²) in [5, 5.41) is 8.78. The molecule has 0 saturated heterocycles. The normalized spacial score (nSPS) is 11.9. The van der Waals surface area contributed by atoms with Gasteiger partial charge in [0.15, 0.2) is 0 Å². The monoisotopic (exact) mass is 204 g/mol. The second-order valence-electron chi connectivity index (χ2n) is 3.84. The highest BCUT2D eigenvalue weighted by atomic mass is 16.5. The zero-order valence-corrected chi connectivity index (χ0v) is 9.37. The van der Waals surface area contributed by atoms with E-state index in [2.05, 4.69) is 6.07 Å². The van der Waals surface area contributed by atoms with Crippen molar-refractivity contribution in [1.29, 1.82) is 5.26 Å². The molecule has 80 valence electrons. The quantitative estimate of drug-likeness (QED) is 0.818. The molecule has 0 aliphatic heterocycles. The van der Waals surface area contributed by atoms with Gasteiger partial charge in [-0.25, -0.2) is 0 Å². The van der Waals surface area contributed by atoms with Crippen LogP contribution in [0.15, 0.2) is 12.1 Å². The molecular formula is C12H16N2O. The molecule has 0 saturated carbocycles. The molecule has 1 rings (SSSR count). The van der Waals surface area contributed by atoms with Gasteiger partial charge < -0.3 is 10.5 Å². The van der Waals surface area contributed by atoms with Gasteiger partial charge in [0.2, 0.25) is 0 Å². The van der Waals surface area contributed by atoms with Gasteiger partial charge in [0.05, 0.1) is 11.6 Å². The van der Waals surface area contributed by atoms with E-state index in [4.69, 9.17) is 15.7 Å². The number of hydrogen-bond acceptors (Lipinski definition) is 3. The molecule has 1 atom stereocenters. The number of nitrogens with two attached hydrogens (primary N) is 1. The summed E-state index contributed by atoms with van der Waals surface area (Å²) >= 11 is 0. The van der Waals surface area contributed by atoms with Gasteiger partial charge in [0, 0.05) is 6.04 Å². The first-order valence-electron chi connectivity index (χ1n) is 4.94. The summed E-state index contributed by atoms with van der Waals surface area (Å²) in [6.07, 6.45) is 0. The molecule has 0 aromatic heterocycles. The van der Waals surface area contributed by atoms with E-state index in [0.717, 1.165) is 16.9 Å². The Kier molecular flexibility index (Phi) is 3.70. The molecule has 1 unspecified atom stereocenters. The van der Waals surface area contributed by atoms with Gasteiger partial charge in [0.1, 0.15) is 12.4 Å². The average molecular weight is 204 g/mol. The van der Waals surface area contributed by atoms with Gasteiger partial charge in [-0.05, 0) is 44.0 Å². The average Bonchev–Trinajstić information content (AvgIpc) is 2.15. The molecule has 0 spiro atoms. The lowest BCUT2D eigenvalue weighted by molar-refractivity contribution is 0.292. The van der Waals surface area contributed by atoms with Crippen molar-refractivity contribution in [2.45, 2.75) is 26.8 Å². The van der Waals surface area contributed by atoms with Crippen molar-refractivity contribution in [3.8, 4) is 11.8 Å². The first-order chi connectivity index (χ1) is 7.04. The van der Waals surface area contributed by atoms with Crippen molar-refractivity contribution in [3.05, 3.63) is 28.8 Å². The summed E-state index contributed by atoms with van der Waals surface area (Å²) in [5.74, 6) is 0.839. The predicted molar refractivity (Wildman–Crippen MR) is 59.8 cm³/mol. The molecule has 0 aliphatic carbocycles. The third kappa shape index (κ3) is 2.97. The molecule has 0 amide bonds. The fourth-order valence-corrected chi connectivity index (χ4v) is 1.46. The minimum atomic E-state index is 0.0134. The number of benzene rings is 1. The van der Waals surface area contributed by atoms with Gasteiger partial charge in [-0.1, -0.05) is 0 Å². The highest BCUT2D eigenvalue weighted by Crippen LogP contribution is 2.24. The van der Waals surface area contributed by atoms with Crippen molar-refractivity contribution in [2.75, 3.05) is 6.61 Å². The van der Waals surface area contributed by atoms with Gasteiger partial charge in [0.25, 0.3) is 0 Å². The van der Waals surface area contributed by atoms with Gasteiger partial charge in [-0.15, -0.1) is 0 Å². The molecule has 0 radical (unpaired) electrons. The molecule has 1 aromatic rings. The van der Waals surface area contributed by atoms with Gasteiger partial charge in [-0.2, -0.15) is 5.26 Å². The predicted octanol–water partition coefficient (Wildman–Crippen LogP) is 1.90. The van der Waals surface area contributed by atoms with Gasteiger partial charge >= 0.3 is 0 Å². The minimum Gasteiger partial charge on any atom is -0.491 e. The Balaban J connectivity index is 2.94. The van der Waals surface area contributed by atoms with Crippen LogP contribution in [0.2, 0.25) is 0 Å². The minimum absolute atomic E-state index is 0.0134. The van der Waals surface area contributed by atoms with Gasteiger partial charge in [-0.3, -0.25) is 0 Å². The van der Waals surface area contributed by atoms with E-state index in [9.17, 15) is 0 Å². The van der Waals surface area contributed by atoms with Crippen molar-refractivity contribution in [2.24, 2.45) is 5.73 Å². The zero-order chi connectivity index (χ0) is 11.4. The van der Waals surface area contributed by atoms with Crippen molar-refractivity contribution in [3.63, 3.8) is 0 Å². The lowest BCUT2D eigenvalue weighted by Crippen LogP contribution is -2.24. The van der Waals surface area contributed by atoms with Crippen LogP contribution in [-0.4, -0.2) is 12.6 Å². The first kappa shape index (κ1) is 11.5. The molecule has 3 heteroatoms. The molecule has 2 N–H and O–H groups in total. The summed E-state index contributed by atoms with van der Waals surface area (Å²) in [5.41, 5.74) is 8.24. The fraction of sp³-hybridized carbons (Fsp3) is 0.417. The summed E-state index contributed by atoms with van der Waals surface area (Å²) in [6.45, 7) is 6.26. The lowest BCUT2D eigenvalue weighted by atomic mass is 10.1. The van der Waals surface area contributed by atoms with Crippen LogP contribution in [0.5, 0.6) is 5.75 Å². The highest BCUT2D eigenvalue weighted by Gasteiger charge is 2.07. The highest BCUT2D eigenvalue weighted by molar-refractivity contribution is 5.47. The molecule has 0 aliphatic rings.